The van der Waals surface area contributed by atoms with Crippen LogP contribution in [0.5, 0.6) is 0 Å². The van der Waals surface area contributed by atoms with Gasteiger partial charge in [0.1, 0.15) is 0 Å². The van der Waals surface area contributed by atoms with Crippen molar-refractivity contribution in [3.8, 4) is 0 Å². The third-order valence-electron chi connectivity index (χ3n) is 4.24. The molecule has 1 aromatic rings. The van der Waals surface area contributed by atoms with E-state index in [1.165, 1.54) is 12.8 Å². The van der Waals surface area contributed by atoms with Crippen molar-refractivity contribution in [2.45, 2.75) is 59.0 Å². The third kappa shape index (κ3) is 2.74. The molecule has 1 aliphatic carbocycles. The predicted molar refractivity (Wildman–Crippen MR) is 74.3 cm³/mol. The van der Waals surface area contributed by atoms with Gasteiger partial charge in [-0.15, -0.1) is 0 Å². The summed E-state index contributed by atoms with van der Waals surface area (Å²) in [5, 5.41) is 10.8. The molecule has 0 aliphatic heterocycles. The van der Waals surface area contributed by atoms with Crippen molar-refractivity contribution in [2.24, 2.45) is 11.3 Å². The summed E-state index contributed by atoms with van der Waals surface area (Å²) >= 11 is 0. The number of aliphatic hydroxyl groups is 1. The van der Waals surface area contributed by atoms with Gasteiger partial charge in [-0.3, -0.25) is 4.98 Å². The van der Waals surface area contributed by atoms with Crippen LogP contribution in [0, 0.1) is 18.3 Å². The molecule has 1 fully saturated rings. The first-order valence-corrected chi connectivity index (χ1v) is 7.14. The van der Waals surface area contributed by atoms with Gasteiger partial charge in [-0.1, -0.05) is 32.8 Å². The normalized spacial score (nSPS) is 20.3. The standard InChI is InChI=1S/C16H25NO/c1-12(2)10-16(8-4-5-9-16)15(18)14-7-6-13(3)17-11-14/h6-7,11-12,15,18H,4-5,8-10H2,1-3H3. The summed E-state index contributed by atoms with van der Waals surface area (Å²) in [5.74, 6) is 0.635. The summed E-state index contributed by atoms with van der Waals surface area (Å²) in [7, 11) is 0. The monoisotopic (exact) mass is 247 g/mol. The van der Waals surface area contributed by atoms with E-state index >= 15 is 0 Å². The molecule has 1 N–H and O–H groups in total. The second-order valence-electron chi connectivity index (χ2n) is 6.30. The summed E-state index contributed by atoms with van der Waals surface area (Å²) in [6, 6.07) is 4.03. The fraction of sp³-hybridized carbons (Fsp3) is 0.688. The van der Waals surface area contributed by atoms with Gasteiger partial charge < -0.3 is 5.11 Å². The molecule has 1 saturated carbocycles. The first-order valence-electron chi connectivity index (χ1n) is 7.14. The Morgan fingerprint density at radius 2 is 1.94 bits per heavy atom. The summed E-state index contributed by atoms with van der Waals surface area (Å²) in [6.07, 6.45) is 7.42. The third-order valence-corrected chi connectivity index (χ3v) is 4.24. The van der Waals surface area contributed by atoms with Crippen LogP contribution in [-0.4, -0.2) is 10.1 Å². The average Bonchev–Trinajstić information content (AvgIpc) is 2.78. The molecular formula is C16H25NO. The molecule has 1 aliphatic rings. The number of aromatic nitrogens is 1. The molecule has 1 unspecified atom stereocenters. The smallest absolute Gasteiger partial charge is 0.0861 e. The van der Waals surface area contributed by atoms with E-state index in [9.17, 15) is 5.11 Å². The van der Waals surface area contributed by atoms with Gasteiger partial charge in [-0.2, -0.15) is 0 Å². The van der Waals surface area contributed by atoms with Gasteiger partial charge in [-0.25, -0.2) is 0 Å². The van der Waals surface area contributed by atoms with E-state index in [2.05, 4.69) is 18.8 Å². The molecule has 1 atom stereocenters. The SMILES string of the molecule is Cc1ccc(C(O)C2(CC(C)C)CCCC2)cn1. The van der Waals surface area contributed by atoms with E-state index in [-0.39, 0.29) is 11.5 Å². The highest BCUT2D eigenvalue weighted by Crippen LogP contribution is 2.51. The highest BCUT2D eigenvalue weighted by atomic mass is 16.3. The zero-order valence-corrected chi connectivity index (χ0v) is 11.8. The fourth-order valence-corrected chi connectivity index (χ4v) is 3.48. The van der Waals surface area contributed by atoms with Gasteiger partial charge in [0.25, 0.3) is 0 Å². The first-order chi connectivity index (χ1) is 8.53. The van der Waals surface area contributed by atoms with Crippen molar-refractivity contribution in [2.75, 3.05) is 0 Å². The van der Waals surface area contributed by atoms with Crippen LogP contribution in [0.4, 0.5) is 0 Å². The van der Waals surface area contributed by atoms with E-state index in [4.69, 9.17) is 0 Å². The maximum Gasteiger partial charge on any atom is 0.0861 e. The van der Waals surface area contributed by atoms with E-state index in [0.29, 0.717) is 5.92 Å². The van der Waals surface area contributed by atoms with Gasteiger partial charge in [-0.05, 0) is 43.7 Å². The van der Waals surface area contributed by atoms with E-state index in [1.807, 2.05) is 25.3 Å². The number of aryl methyl sites for hydroxylation is 1. The summed E-state index contributed by atoms with van der Waals surface area (Å²) < 4.78 is 0. The van der Waals surface area contributed by atoms with Crippen molar-refractivity contribution in [3.63, 3.8) is 0 Å². The maximum atomic E-state index is 10.8. The van der Waals surface area contributed by atoms with E-state index in [0.717, 1.165) is 30.5 Å². The molecule has 0 amide bonds. The largest absolute Gasteiger partial charge is 0.388 e. The van der Waals surface area contributed by atoms with E-state index < -0.39 is 0 Å². The molecular weight excluding hydrogens is 222 g/mol. The van der Waals surface area contributed by atoms with Crippen molar-refractivity contribution < 1.29 is 5.11 Å². The number of nitrogens with zero attached hydrogens (tertiary/aromatic N) is 1. The van der Waals surface area contributed by atoms with Gasteiger partial charge in [0.15, 0.2) is 0 Å². The Hall–Kier alpha value is -0.890. The van der Waals surface area contributed by atoms with Crippen LogP contribution in [0.15, 0.2) is 18.3 Å². The lowest BCUT2D eigenvalue weighted by Gasteiger charge is -2.36. The first kappa shape index (κ1) is 13.5. The molecule has 0 bridgehead atoms. The van der Waals surface area contributed by atoms with Crippen LogP contribution in [0.25, 0.3) is 0 Å². The average molecular weight is 247 g/mol. The molecule has 2 rings (SSSR count). The molecule has 100 valence electrons. The minimum atomic E-state index is -0.351. The number of hydrogen-bond acceptors (Lipinski definition) is 2. The molecule has 1 aromatic heterocycles. The lowest BCUT2D eigenvalue weighted by Crippen LogP contribution is -2.27. The molecule has 0 aromatic carbocycles. The van der Waals surface area contributed by atoms with Gasteiger partial charge in [0.05, 0.1) is 6.10 Å². The Morgan fingerprint density at radius 1 is 1.28 bits per heavy atom. The zero-order chi connectivity index (χ0) is 13.2. The number of pyridine rings is 1. The van der Waals surface area contributed by atoms with E-state index in [1.54, 1.807) is 0 Å². The molecule has 2 nitrogen and oxygen atoms in total. The summed E-state index contributed by atoms with van der Waals surface area (Å²) in [6.45, 7) is 6.48. The Morgan fingerprint density at radius 3 is 2.44 bits per heavy atom. The minimum Gasteiger partial charge on any atom is -0.388 e. The lowest BCUT2D eigenvalue weighted by atomic mass is 9.72. The number of aliphatic hydroxyl groups excluding tert-OH is 1. The molecule has 1 heterocycles. The van der Waals surface area contributed by atoms with Crippen LogP contribution in [-0.2, 0) is 0 Å². The maximum absolute atomic E-state index is 10.8. The second-order valence-corrected chi connectivity index (χ2v) is 6.30. The molecule has 0 saturated heterocycles. The van der Waals surface area contributed by atoms with Crippen molar-refractivity contribution >= 4 is 0 Å². The Kier molecular flexibility index (Phi) is 4.06. The fourth-order valence-electron chi connectivity index (χ4n) is 3.48. The molecule has 0 spiro atoms. The van der Waals surface area contributed by atoms with Crippen LogP contribution in [0.2, 0.25) is 0 Å². The summed E-state index contributed by atoms with van der Waals surface area (Å²) in [4.78, 5) is 4.32. The van der Waals surface area contributed by atoms with Gasteiger partial charge in [0.2, 0.25) is 0 Å². The van der Waals surface area contributed by atoms with Gasteiger partial charge >= 0.3 is 0 Å². The predicted octanol–water partition coefficient (Wildman–Crippen LogP) is 4.03. The van der Waals surface area contributed by atoms with Crippen molar-refractivity contribution in [1.82, 2.24) is 4.98 Å². The molecule has 0 radical (unpaired) electrons. The van der Waals surface area contributed by atoms with Crippen LogP contribution >= 0.6 is 0 Å². The number of hydrogen-bond donors (Lipinski definition) is 1. The molecule has 2 heteroatoms. The Labute approximate surface area is 110 Å². The Balaban J connectivity index is 2.22. The highest BCUT2D eigenvalue weighted by molar-refractivity contribution is 5.18. The summed E-state index contributed by atoms with van der Waals surface area (Å²) in [5.41, 5.74) is 2.09. The minimum absolute atomic E-state index is 0.0884. The van der Waals surface area contributed by atoms with Gasteiger partial charge in [0, 0.05) is 17.3 Å². The highest BCUT2D eigenvalue weighted by Gasteiger charge is 2.41. The topological polar surface area (TPSA) is 33.1 Å². The van der Waals surface area contributed by atoms with Crippen LogP contribution in [0.1, 0.15) is 63.3 Å². The van der Waals surface area contributed by atoms with Crippen molar-refractivity contribution in [3.05, 3.63) is 29.6 Å². The van der Waals surface area contributed by atoms with Crippen molar-refractivity contribution in [1.29, 1.82) is 0 Å². The number of rotatable bonds is 4. The molecule has 18 heavy (non-hydrogen) atoms. The van der Waals surface area contributed by atoms with Crippen LogP contribution in [0.3, 0.4) is 0 Å². The Bertz CT molecular complexity index is 377. The second kappa shape index (κ2) is 5.40. The lowest BCUT2D eigenvalue weighted by molar-refractivity contribution is 0.0109. The quantitative estimate of drug-likeness (QED) is 0.871. The zero-order valence-electron chi connectivity index (χ0n) is 11.8. The van der Waals surface area contributed by atoms with Crippen LogP contribution < -0.4 is 0 Å².